The highest BCUT2D eigenvalue weighted by atomic mass is 32.2. The van der Waals surface area contributed by atoms with Gasteiger partial charge in [0.25, 0.3) is 5.91 Å². The predicted octanol–water partition coefficient (Wildman–Crippen LogP) is 0.914. The first-order valence-electron chi connectivity index (χ1n) is 7.24. The molecule has 122 valence electrons. The fourth-order valence-electron chi connectivity index (χ4n) is 2.69. The summed E-state index contributed by atoms with van der Waals surface area (Å²) in [6.07, 6.45) is 1.77. The lowest BCUT2D eigenvalue weighted by Gasteiger charge is -2.34. The maximum atomic E-state index is 12.6. The van der Waals surface area contributed by atoms with Crippen molar-refractivity contribution >= 4 is 15.9 Å². The Morgan fingerprint density at radius 2 is 1.86 bits per heavy atom. The number of benzene rings is 1. The number of nitrogens with one attached hydrogen (secondary N) is 1. The normalized spacial score (nSPS) is 18.2. The van der Waals surface area contributed by atoms with E-state index in [9.17, 15) is 13.2 Å². The van der Waals surface area contributed by atoms with Gasteiger partial charge in [-0.05, 0) is 18.4 Å². The minimum Gasteiger partial charge on any atom is -0.367 e. The van der Waals surface area contributed by atoms with Gasteiger partial charge < -0.3 is 9.64 Å². The first-order chi connectivity index (χ1) is 10.4. The Labute approximate surface area is 131 Å². The molecule has 1 saturated heterocycles. The number of methoxy groups -OCH3 is 1. The van der Waals surface area contributed by atoms with Crippen LogP contribution in [0.5, 0.6) is 0 Å². The summed E-state index contributed by atoms with van der Waals surface area (Å²) in [5.41, 5.74) is 0.825. The minimum absolute atomic E-state index is 0.0773. The molecule has 22 heavy (non-hydrogen) atoms. The number of hydrogen-bond acceptors (Lipinski definition) is 4. The minimum atomic E-state index is -3.20. The molecule has 0 aromatic heterocycles. The molecule has 2 rings (SSSR count). The summed E-state index contributed by atoms with van der Waals surface area (Å²) in [6.45, 7) is 1.05. The molecule has 6 nitrogen and oxygen atoms in total. The van der Waals surface area contributed by atoms with E-state index < -0.39 is 16.1 Å². The van der Waals surface area contributed by atoms with Crippen LogP contribution >= 0.6 is 0 Å². The fraction of sp³-hybridized carbons (Fsp3) is 0.533. The monoisotopic (exact) mass is 326 g/mol. The molecule has 1 aliphatic heterocycles. The lowest BCUT2D eigenvalue weighted by Crippen LogP contribution is -2.47. The Hall–Kier alpha value is -1.44. The van der Waals surface area contributed by atoms with Crippen LogP contribution in [0.1, 0.15) is 24.5 Å². The van der Waals surface area contributed by atoms with E-state index in [2.05, 4.69) is 4.72 Å². The molecule has 0 aliphatic carbocycles. The van der Waals surface area contributed by atoms with Gasteiger partial charge in [0.05, 0.1) is 6.26 Å². The number of carbonyl (C=O) groups excluding carboxylic acids is 1. The largest absolute Gasteiger partial charge is 0.367 e. The van der Waals surface area contributed by atoms with Gasteiger partial charge in [0, 0.05) is 26.2 Å². The quantitative estimate of drug-likeness (QED) is 0.873. The summed E-state index contributed by atoms with van der Waals surface area (Å²) in [5.74, 6) is -0.0773. The summed E-state index contributed by atoms with van der Waals surface area (Å²) >= 11 is 0. The Morgan fingerprint density at radius 1 is 1.27 bits per heavy atom. The molecular weight excluding hydrogens is 304 g/mol. The van der Waals surface area contributed by atoms with Crippen LogP contribution in [0.15, 0.2) is 30.3 Å². The zero-order valence-corrected chi connectivity index (χ0v) is 13.7. The average molecular weight is 326 g/mol. The van der Waals surface area contributed by atoms with Crippen LogP contribution in [-0.2, 0) is 19.6 Å². The number of nitrogens with zero attached hydrogens (tertiary/aromatic N) is 1. The number of amides is 1. The highest BCUT2D eigenvalue weighted by Crippen LogP contribution is 2.22. The van der Waals surface area contributed by atoms with Crippen LogP contribution in [0, 0.1) is 0 Å². The molecule has 7 heteroatoms. The van der Waals surface area contributed by atoms with Gasteiger partial charge in [-0.25, -0.2) is 13.1 Å². The highest BCUT2D eigenvalue weighted by Gasteiger charge is 2.29. The summed E-state index contributed by atoms with van der Waals surface area (Å²) < 4.78 is 30.4. The second-order valence-corrected chi connectivity index (χ2v) is 7.30. The van der Waals surface area contributed by atoms with Crippen LogP contribution in [0.4, 0.5) is 0 Å². The Bertz CT molecular complexity index is 595. The van der Waals surface area contributed by atoms with Gasteiger partial charge in [0.1, 0.15) is 0 Å². The number of rotatable bonds is 5. The van der Waals surface area contributed by atoms with E-state index in [4.69, 9.17) is 4.74 Å². The van der Waals surface area contributed by atoms with Crippen molar-refractivity contribution in [1.82, 2.24) is 9.62 Å². The van der Waals surface area contributed by atoms with E-state index in [0.717, 1.165) is 11.8 Å². The van der Waals surface area contributed by atoms with Crippen LogP contribution in [0.2, 0.25) is 0 Å². The van der Waals surface area contributed by atoms with Crippen LogP contribution in [-0.4, -0.2) is 51.7 Å². The van der Waals surface area contributed by atoms with Crippen molar-refractivity contribution in [2.24, 2.45) is 0 Å². The number of ether oxygens (including phenoxy) is 1. The number of carbonyl (C=O) groups is 1. The maximum absolute atomic E-state index is 12.6. The molecule has 1 aromatic rings. The summed E-state index contributed by atoms with van der Waals surface area (Å²) in [6, 6.07) is 9.27. The van der Waals surface area contributed by atoms with Gasteiger partial charge in [0.2, 0.25) is 10.0 Å². The van der Waals surface area contributed by atoms with Gasteiger partial charge in [-0.1, -0.05) is 30.3 Å². The maximum Gasteiger partial charge on any atom is 0.256 e. The number of sulfonamides is 1. The van der Waals surface area contributed by atoms with Crippen molar-refractivity contribution in [3.05, 3.63) is 35.9 Å². The third-order valence-corrected chi connectivity index (χ3v) is 4.51. The van der Waals surface area contributed by atoms with Gasteiger partial charge in [-0.3, -0.25) is 4.79 Å². The molecule has 1 fully saturated rings. The molecular formula is C15H22N2O4S. The molecule has 0 unspecified atom stereocenters. The summed E-state index contributed by atoms with van der Waals surface area (Å²) in [5, 5.41) is 0. The topological polar surface area (TPSA) is 75.7 Å². The van der Waals surface area contributed by atoms with E-state index in [1.165, 1.54) is 7.11 Å². The molecule has 1 aromatic carbocycles. The lowest BCUT2D eigenvalue weighted by atomic mass is 10.0. The third kappa shape index (κ3) is 4.53. The molecule has 0 spiro atoms. The molecule has 1 N–H and O–H groups in total. The molecule has 1 amide bonds. The van der Waals surface area contributed by atoms with Crippen molar-refractivity contribution in [1.29, 1.82) is 0 Å². The summed E-state index contributed by atoms with van der Waals surface area (Å²) in [7, 11) is -1.68. The first-order valence-corrected chi connectivity index (χ1v) is 9.13. The van der Waals surface area contributed by atoms with Gasteiger partial charge >= 0.3 is 0 Å². The zero-order valence-electron chi connectivity index (χ0n) is 12.9. The molecule has 1 heterocycles. The van der Waals surface area contributed by atoms with Gasteiger partial charge in [-0.15, -0.1) is 0 Å². The molecule has 0 saturated carbocycles. The van der Waals surface area contributed by atoms with Crippen molar-refractivity contribution < 1.29 is 17.9 Å². The standard InChI is InChI=1S/C15H22N2O4S/c1-21-14(12-6-4-3-5-7-12)15(18)17-10-8-13(9-11-17)16-22(2,19)20/h3-7,13-14,16H,8-11H2,1-2H3/t14-/m0/s1. The number of likely N-dealkylation sites (tertiary alicyclic amines) is 1. The smallest absolute Gasteiger partial charge is 0.256 e. The highest BCUT2D eigenvalue weighted by molar-refractivity contribution is 7.88. The Morgan fingerprint density at radius 3 is 2.36 bits per heavy atom. The lowest BCUT2D eigenvalue weighted by molar-refractivity contribution is -0.143. The van der Waals surface area contributed by atoms with E-state index in [1.807, 2.05) is 30.3 Å². The molecule has 1 aliphatic rings. The van der Waals surface area contributed by atoms with E-state index in [0.29, 0.717) is 25.9 Å². The van der Waals surface area contributed by atoms with E-state index in [-0.39, 0.29) is 11.9 Å². The zero-order chi connectivity index (χ0) is 16.2. The van der Waals surface area contributed by atoms with Crippen LogP contribution in [0.3, 0.4) is 0 Å². The SMILES string of the molecule is CO[C@H](C(=O)N1CCC(NS(C)(=O)=O)CC1)c1ccccc1. The van der Waals surface area contributed by atoms with Crippen molar-refractivity contribution in [3.63, 3.8) is 0 Å². The average Bonchev–Trinajstić information content (AvgIpc) is 2.48. The second kappa shape index (κ2) is 7.21. The fourth-order valence-corrected chi connectivity index (χ4v) is 3.53. The van der Waals surface area contributed by atoms with Crippen LogP contribution in [0.25, 0.3) is 0 Å². The first kappa shape index (κ1) is 16.9. The van der Waals surface area contributed by atoms with Crippen molar-refractivity contribution in [3.8, 4) is 0 Å². The van der Waals surface area contributed by atoms with Gasteiger partial charge in [0.15, 0.2) is 6.10 Å². The van der Waals surface area contributed by atoms with E-state index >= 15 is 0 Å². The third-order valence-electron chi connectivity index (χ3n) is 3.75. The van der Waals surface area contributed by atoms with Gasteiger partial charge in [-0.2, -0.15) is 0 Å². The Kier molecular flexibility index (Phi) is 5.55. The molecule has 1 atom stereocenters. The van der Waals surface area contributed by atoms with Crippen molar-refractivity contribution in [2.75, 3.05) is 26.5 Å². The molecule has 0 radical (unpaired) electrons. The number of hydrogen-bond donors (Lipinski definition) is 1. The van der Waals surface area contributed by atoms with Crippen LogP contribution < -0.4 is 4.72 Å². The molecule has 0 bridgehead atoms. The Balaban J connectivity index is 1.97. The number of piperidine rings is 1. The predicted molar refractivity (Wildman–Crippen MR) is 83.8 cm³/mol. The second-order valence-electron chi connectivity index (χ2n) is 5.52. The van der Waals surface area contributed by atoms with Crippen molar-refractivity contribution in [2.45, 2.75) is 25.0 Å². The van der Waals surface area contributed by atoms with E-state index in [1.54, 1.807) is 4.90 Å². The summed E-state index contributed by atoms with van der Waals surface area (Å²) in [4.78, 5) is 14.3.